The Morgan fingerprint density at radius 1 is 1.24 bits per heavy atom. The maximum absolute atomic E-state index is 5.93. The van der Waals surface area contributed by atoms with Gasteiger partial charge in [-0.25, -0.2) is 5.84 Å². The molecule has 0 amide bonds. The van der Waals surface area contributed by atoms with E-state index in [4.69, 9.17) is 17.4 Å². The third-order valence-corrected chi connectivity index (χ3v) is 3.93. The third kappa shape index (κ3) is 4.51. The van der Waals surface area contributed by atoms with E-state index in [1.54, 1.807) is 0 Å². The molecular formula is C15H24ClN5. The standard InChI is InChI=1S/C15H24ClN5/c1-2-3-8-18-15(19-17)21-11-9-20(10-12-21)14-6-4-13(16)5-7-14/h4-7H,2-3,8-12,17H2,1H3,(H,18,19). The van der Waals surface area contributed by atoms with E-state index in [1.165, 1.54) is 5.69 Å². The van der Waals surface area contributed by atoms with E-state index in [-0.39, 0.29) is 0 Å². The van der Waals surface area contributed by atoms with E-state index < -0.39 is 0 Å². The highest BCUT2D eigenvalue weighted by Gasteiger charge is 2.19. The fourth-order valence-electron chi connectivity index (χ4n) is 2.41. The zero-order valence-electron chi connectivity index (χ0n) is 12.6. The summed E-state index contributed by atoms with van der Waals surface area (Å²) in [5.41, 5.74) is 3.94. The highest BCUT2D eigenvalue weighted by Crippen LogP contribution is 2.19. The van der Waals surface area contributed by atoms with E-state index in [9.17, 15) is 0 Å². The van der Waals surface area contributed by atoms with E-state index >= 15 is 0 Å². The second-order valence-electron chi connectivity index (χ2n) is 5.15. The van der Waals surface area contributed by atoms with Gasteiger partial charge in [-0.1, -0.05) is 24.9 Å². The molecule has 1 saturated heterocycles. The SMILES string of the molecule is CCCCN=C(NN)N1CCN(c2ccc(Cl)cc2)CC1. The van der Waals surface area contributed by atoms with Crippen LogP contribution in [0.1, 0.15) is 19.8 Å². The van der Waals surface area contributed by atoms with Crippen LogP contribution in [0.3, 0.4) is 0 Å². The number of nitrogens with zero attached hydrogens (tertiary/aromatic N) is 3. The number of halogens is 1. The molecule has 1 fully saturated rings. The Morgan fingerprint density at radius 2 is 1.90 bits per heavy atom. The number of piperazine rings is 1. The van der Waals surface area contributed by atoms with Crippen LogP contribution in [0.4, 0.5) is 5.69 Å². The van der Waals surface area contributed by atoms with Gasteiger partial charge in [0.1, 0.15) is 0 Å². The van der Waals surface area contributed by atoms with Gasteiger partial charge in [0.2, 0.25) is 5.96 Å². The molecule has 0 aliphatic carbocycles. The van der Waals surface area contributed by atoms with Gasteiger partial charge in [0, 0.05) is 43.4 Å². The molecule has 2 rings (SSSR count). The third-order valence-electron chi connectivity index (χ3n) is 3.67. The Morgan fingerprint density at radius 3 is 2.48 bits per heavy atom. The summed E-state index contributed by atoms with van der Waals surface area (Å²) in [6, 6.07) is 8.00. The van der Waals surface area contributed by atoms with Gasteiger partial charge in [-0.05, 0) is 30.7 Å². The molecule has 0 saturated carbocycles. The van der Waals surface area contributed by atoms with Crippen molar-refractivity contribution in [2.24, 2.45) is 10.8 Å². The molecule has 6 heteroatoms. The van der Waals surface area contributed by atoms with Crippen molar-refractivity contribution in [1.82, 2.24) is 10.3 Å². The summed E-state index contributed by atoms with van der Waals surface area (Å²) in [5, 5.41) is 0.773. The summed E-state index contributed by atoms with van der Waals surface area (Å²) in [6.45, 7) is 6.73. The molecule has 0 aromatic heterocycles. The van der Waals surface area contributed by atoms with Crippen LogP contribution in [0.2, 0.25) is 5.02 Å². The summed E-state index contributed by atoms with van der Waals surface area (Å²) in [4.78, 5) is 9.10. The van der Waals surface area contributed by atoms with Crippen LogP contribution < -0.4 is 16.2 Å². The summed E-state index contributed by atoms with van der Waals surface area (Å²) >= 11 is 5.93. The first-order valence-electron chi connectivity index (χ1n) is 7.51. The van der Waals surface area contributed by atoms with Crippen molar-refractivity contribution < 1.29 is 0 Å². The predicted octanol–water partition coefficient (Wildman–Crippen LogP) is 2.08. The number of nitrogens with one attached hydrogen (secondary N) is 1. The average Bonchev–Trinajstić information content (AvgIpc) is 2.53. The van der Waals surface area contributed by atoms with Crippen molar-refractivity contribution in [3.8, 4) is 0 Å². The molecule has 3 N–H and O–H groups in total. The molecule has 1 aliphatic heterocycles. The number of rotatable bonds is 4. The maximum atomic E-state index is 5.93. The van der Waals surface area contributed by atoms with Gasteiger partial charge in [-0.15, -0.1) is 0 Å². The van der Waals surface area contributed by atoms with Crippen LogP contribution in [-0.2, 0) is 0 Å². The summed E-state index contributed by atoms with van der Waals surface area (Å²) in [7, 11) is 0. The quantitative estimate of drug-likeness (QED) is 0.294. The number of guanidine groups is 1. The molecule has 0 bridgehead atoms. The number of unbranched alkanes of at least 4 members (excludes halogenated alkanes) is 1. The van der Waals surface area contributed by atoms with E-state index in [0.717, 1.165) is 56.5 Å². The number of anilines is 1. The van der Waals surface area contributed by atoms with Crippen LogP contribution in [0.5, 0.6) is 0 Å². The Kier molecular flexibility index (Phi) is 6.14. The molecule has 21 heavy (non-hydrogen) atoms. The molecule has 0 radical (unpaired) electrons. The topological polar surface area (TPSA) is 56.9 Å². The van der Waals surface area contributed by atoms with Crippen LogP contribution in [-0.4, -0.2) is 43.6 Å². The second-order valence-corrected chi connectivity index (χ2v) is 5.59. The highest BCUT2D eigenvalue weighted by atomic mass is 35.5. The van der Waals surface area contributed by atoms with Crippen molar-refractivity contribution in [3.63, 3.8) is 0 Å². The summed E-state index contributed by atoms with van der Waals surface area (Å²) in [5.74, 6) is 6.40. The monoisotopic (exact) mass is 309 g/mol. The smallest absolute Gasteiger partial charge is 0.208 e. The maximum Gasteiger partial charge on any atom is 0.208 e. The fraction of sp³-hybridized carbons (Fsp3) is 0.533. The molecule has 1 heterocycles. The van der Waals surface area contributed by atoms with Crippen LogP contribution in [0.25, 0.3) is 0 Å². The Balaban J connectivity index is 1.89. The van der Waals surface area contributed by atoms with Crippen molar-refractivity contribution in [2.45, 2.75) is 19.8 Å². The molecule has 0 spiro atoms. The highest BCUT2D eigenvalue weighted by molar-refractivity contribution is 6.30. The van der Waals surface area contributed by atoms with Gasteiger partial charge in [0.25, 0.3) is 0 Å². The minimum Gasteiger partial charge on any atom is -0.368 e. The van der Waals surface area contributed by atoms with Gasteiger partial charge >= 0.3 is 0 Å². The lowest BCUT2D eigenvalue weighted by Gasteiger charge is -2.37. The number of benzene rings is 1. The Bertz CT molecular complexity index is 452. The zero-order chi connectivity index (χ0) is 15.1. The lowest BCUT2D eigenvalue weighted by molar-refractivity contribution is 0.372. The van der Waals surface area contributed by atoms with Crippen molar-refractivity contribution in [3.05, 3.63) is 29.3 Å². The van der Waals surface area contributed by atoms with Crippen LogP contribution in [0.15, 0.2) is 29.3 Å². The minimum atomic E-state index is 0.773. The molecule has 1 aromatic carbocycles. The molecule has 1 aliphatic rings. The first-order chi connectivity index (χ1) is 10.2. The first-order valence-corrected chi connectivity index (χ1v) is 7.89. The summed E-state index contributed by atoms with van der Waals surface area (Å²) < 4.78 is 0. The number of hydrogen-bond acceptors (Lipinski definition) is 3. The van der Waals surface area contributed by atoms with Gasteiger partial charge in [-0.3, -0.25) is 10.4 Å². The lowest BCUT2D eigenvalue weighted by atomic mass is 10.2. The van der Waals surface area contributed by atoms with Gasteiger partial charge in [0.05, 0.1) is 0 Å². The zero-order valence-corrected chi connectivity index (χ0v) is 13.3. The molecule has 116 valence electrons. The van der Waals surface area contributed by atoms with Crippen LogP contribution in [0, 0.1) is 0 Å². The fourth-order valence-corrected chi connectivity index (χ4v) is 2.53. The van der Waals surface area contributed by atoms with Gasteiger partial charge in [-0.2, -0.15) is 0 Å². The number of hydrogen-bond donors (Lipinski definition) is 2. The molecule has 0 atom stereocenters. The Labute approximate surface area is 131 Å². The van der Waals surface area contributed by atoms with E-state index in [1.807, 2.05) is 12.1 Å². The molecule has 1 aromatic rings. The molecular weight excluding hydrogens is 286 g/mol. The summed E-state index contributed by atoms with van der Waals surface area (Å²) in [6.07, 6.45) is 2.24. The predicted molar refractivity (Wildman–Crippen MR) is 89.8 cm³/mol. The number of aliphatic imine (C=N–C) groups is 1. The van der Waals surface area contributed by atoms with E-state index in [2.05, 4.69) is 39.3 Å². The number of nitrogens with two attached hydrogens (primary N) is 1. The second kappa shape index (κ2) is 8.10. The largest absolute Gasteiger partial charge is 0.368 e. The first kappa shape index (κ1) is 15.9. The minimum absolute atomic E-state index is 0.773. The molecule has 5 nitrogen and oxygen atoms in total. The Hall–Kier alpha value is -1.46. The van der Waals surface area contributed by atoms with E-state index in [0.29, 0.717) is 0 Å². The van der Waals surface area contributed by atoms with Crippen molar-refractivity contribution in [2.75, 3.05) is 37.6 Å². The van der Waals surface area contributed by atoms with Crippen molar-refractivity contribution in [1.29, 1.82) is 0 Å². The van der Waals surface area contributed by atoms with Gasteiger partial charge in [0.15, 0.2) is 0 Å². The normalized spacial score (nSPS) is 16.2. The number of hydrazine groups is 1. The average molecular weight is 310 g/mol. The van der Waals surface area contributed by atoms with Crippen LogP contribution >= 0.6 is 11.6 Å². The van der Waals surface area contributed by atoms with Crippen molar-refractivity contribution >= 4 is 23.2 Å². The molecule has 0 unspecified atom stereocenters. The van der Waals surface area contributed by atoms with Gasteiger partial charge < -0.3 is 9.80 Å². The lowest BCUT2D eigenvalue weighted by Crippen LogP contribution is -2.54.